The van der Waals surface area contributed by atoms with Crippen molar-refractivity contribution in [2.24, 2.45) is 5.73 Å². The van der Waals surface area contributed by atoms with Crippen LogP contribution in [0.4, 0.5) is 4.79 Å². The van der Waals surface area contributed by atoms with E-state index in [2.05, 4.69) is 24.5 Å². The van der Waals surface area contributed by atoms with E-state index < -0.39 is 18.0 Å². The van der Waals surface area contributed by atoms with Crippen molar-refractivity contribution in [3.63, 3.8) is 0 Å². The summed E-state index contributed by atoms with van der Waals surface area (Å²) >= 11 is 0. The first-order valence-corrected chi connectivity index (χ1v) is 5.22. The van der Waals surface area contributed by atoms with E-state index in [1.54, 1.807) is 6.92 Å². The van der Waals surface area contributed by atoms with E-state index in [9.17, 15) is 9.59 Å². The number of nitrogens with two attached hydrogens (primary N) is 1. The minimum Gasteiger partial charge on any atom is -0.351 e. The number of primary amides is 1. The number of nitrogens with one attached hydrogen (secondary N) is 2. The molecular formula is C10H21N3O2. The molecule has 0 heterocycles. The topological polar surface area (TPSA) is 84.2 Å². The van der Waals surface area contributed by atoms with Crippen molar-refractivity contribution in [3.05, 3.63) is 0 Å². The molecule has 15 heavy (non-hydrogen) atoms. The molecule has 0 aliphatic carbocycles. The lowest BCUT2D eigenvalue weighted by Gasteiger charge is -2.31. The van der Waals surface area contributed by atoms with Crippen LogP contribution in [0.1, 0.15) is 40.5 Å². The summed E-state index contributed by atoms with van der Waals surface area (Å²) in [6, 6.07) is -1.24. The van der Waals surface area contributed by atoms with Crippen LogP contribution in [0.25, 0.3) is 0 Å². The molecule has 0 bridgehead atoms. The number of hydrogen-bond donors (Lipinski definition) is 3. The number of hydrogen-bond acceptors (Lipinski definition) is 3. The van der Waals surface area contributed by atoms with Gasteiger partial charge in [-0.05, 0) is 26.7 Å². The lowest BCUT2D eigenvalue weighted by atomic mass is 9.94. The van der Waals surface area contributed by atoms with Gasteiger partial charge in [0, 0.05) is 5.54 Å². The van der Waals surface area contributed by atoms with Crippen molar-refractivity contribution in [2.45, 2.75) is 52.1 Å². The average Bonchev–Trinajstić information content (AvgIpc) is 2.16. The van der Waals surface area contributed by atoms with Gasteiger partial charge in [-0.15, -0.1) is 0 Å². The maximum absolute atomic E-state index is 11.4. The van der Waals surface area contributed by atoms with E-state index >= 15 is 0 Å². The summed E-state index contributed by atoms with van der Waals surface area (Å²) in [7, 11) is 0. The third-order valence-corrected chi connectivity index (χ3v) is 2.77. The van der Waals surface area contributed by atoms with Crippen LogP contribution in [-0.2, 0) is 4.79 Å². The van der Waals surface area contributed by atoms with Crippen LogP contribution in [0.3, 0.4) is 0 Å². The normalized spacial score (nSPS) is 13.3. The van der Waals surface area contributed by atoms with Crippen molar-refractivity contribution < 1.29 is 9.59 Å². The number of amides is 3. The first-order valence-electron chi connectivity index (χ1n) is 5.22. The fourth-order valence-electron chi connectivity index (χ4n) is 1.27. The molecule has 0 aromatic carbocycles. The number of imide groups is 1. The molecule has 0 saturated carbocycles. The zero-order chi connectivity index (χ0) is 12.1. The molecule has 0 aliphatic rings. The average molecular weight is 215 g/mol. The van der Waals surface area contributed by atoms with Crippen LogP contribution in [0.2, 0.25) is 0 Å². The van der Waals surface area contributed by atoms with Crippen LogP contribution < -0.4 is 16.4 Å². The molecule has 0 rings (SSSR count). The van der Waals surface area contributed by atoms with Crippen LogP contribution >= 0.6 is 0 Å². The van der Waals surface area contributed by atoms with Gasteiger partial charge >= 0.3 is 6.03 Å². The SMILES string of the molecule is CCC(C)(CC)NC(C)C(=O)NC(N)=O. The number of carbonyl (C=O) groups excluding carboxylic acids is 2. The largest absolute Gasteiger partial charge is 0.351 e. The Labute approximate surface area is 90.8 Å². The second-order valence-electron chi connectivity index (χ2n) is 3.99. The van der Waals surface area contributed by atoms with Gasteiger partial charge in [-0.3, -0.25) is 10.1 Å². The molecule has 0 spiro atoms. The van der Waals surface area contributed by atoms with E-state index in [1.807, 2.05) is 6.92 Å². The van der Waals surface area contributed by atoms with Crippen LogP contribution in [0, 0.1) is 0 Å². The van der Waals surface area contributed by atoms with E-state index in [-0.39, 0.29) is 5.54 Å². The summed E-state index contributed by atoms with van der Waals surface area (Å²) in [4.78, 5) is 21.9. The lowest BCUT2D eigenvalue weighted by Crippen LogP contribution is -2.54. The third-order valence-electron chi connectivity index (χ3n) is 2.77. The number of rotatable bonds is 5. The highest BCUT2D eigenvalue weighted by Gasteiger charge is 2.25. The smallest absolute Gasteiger partial charge is 0.318 e. The zero-order valence-corrected chi connectivity index (χ0v) is 9.89. The van der Waals surface area contributed by atoms with Gasteiger partial charge in [-0.2, -0.15) is 0 Å². The molecule has 3 amide bonds. The molecule has 0 radical (unpaired) electrons. The Morgan fingerprint density at radius 1 is 1.33 bits per heavy atom. The van der Waals surface area contributed by atoms with Crippen molar-refractivity contribution in [2.75, 3.05) is 0 Å². The van der Waals surface area contributed by atoms with Crippen LogP contribution in [0.15, 0.2) is 0 Å². The highest BCUT2D eigenvalue weighted by molar-refractivity contribution is 5.96. The first kappa shape index (κ1) is 13.9. The molecule has 0 saturated heterocycles. The molecule has 0 fully saturated rings. The number of urea groups is 1. The summed E-state index contributed by atoms with van der Waals surface area (Å²) in [5.41, 5.74) is 4.77. The monoisotopic (exact) mass is 215 g/mol. The maximum Gasteiger partial charge on any atom is 0.318 e. The van der Waals surface area contributed by atoms with Crippen molar-refractivity contribution in [3.8, 4) is 0 Å². The van der Waals surface area contributed by atoms with Gasteiger partial charge in [0.1, 0.15) is 0 Å². The number of carbonyl (C=O) groups is 2. The molecule has 88 valence electrons. The Hall–Kier alpha value is -1.10. The standard InChI is InChI=1S/C10H21N3O2/c1-5-10(4,6-2)13-7(3)8(14)12-9(11)15/h7,13H,5-6H2,1-4H3,(H3,11,12,14,15). The summed E-state index contributed by atoms with van der Waals surface area (Å²) in [6.07, 6.45) is 1.83. The second kappa shape index (κ2) is 5.70. The summed E-state index contributed by atoms with van der Waals surface area (Å²) in [5, 5.41) is 5.23. The van der Waals surface area contributed by atoms with Crippen molar-refractivity contribution in [1.29, 1.82) is 0 Å². The zero-order valence-electron chi connectivity index (χ0n) is 9.89. The Kier molecular flexibility index (Phi) is 5.28. The summed E-state index contributed by atoms with van der Waals surface area (Å²) < 4.78 is 0. The summed E-state index contributed by atoms with van der Waals surface area (Å²) in [6.45, 7) is 7.85. The predicted octanol–water partition coefficient (Wildman–Crippen LogP) is 0.738. The van der Waals surface area contributed by atoms with E-state index in [1.165, 1.54) is 0 Å². The minimum atomic E-state index is -0.816. The first-order chi connectivity index (χ1) is 6.84. The molecular weight excluding hydrogens is 194 g/mol. The Morgan fingerprint density at radius 3 is 2.13 bits per heavy atom. The fourth-order valence-corrected chi connectivity index (χ4v) is 1.27. The molecule has 0 aliphatic heterocycles. The Morgan fingerprint density at radius 2 is 1.80 bits per heavy atom. The quantitative estimate of drug-likeness (QED) is 0.632. The molecule has 4 N–H and O–H groups in total. The van der Waals surface area contributed by atoms with Crippen molar-refractivity contribution in [1.82, 2.24) is 10.6 Å². The van der Waals surface area contributed by atoms with Crippen LogP contribution in [-0.4, -0.2) is 23.5 Å². The van der Waals surface area contributed by atoms with Gasteiger partial charge < -0.3 is 11.1 Å². The van der Waals surface area contributed by atoms with Gasteiger partial charge in [-0.25, -0.2) is 4.79 Å². The highest BCUT2D eigenvalue weighted by atomic mass is 16.2. The second-order valence-corrected chi connectivity index (χ2v) is 3.99. The molecule has 0 aromatic rings. The van der Waals surface area contributed by atoms with Crippen LogP contribution in [0.5, 0.6) is 0 Å². The summed E-state index contributed by atoms with van der Waals surface area (Å²) in [5.74, 6) is -0.393. The molecule has 5 heteroatoms. The fraction of sp³-hybridized carbons (Fsp3) is 0.800. The Bertz CT molecular complexity index is 237. The minimum absolute atomic E-state index is 0.0889. The maximum atomic E-state index is 11.4. The molecule has 1 atom stereocenters. The van der Waals surface area contributed by atoms with E-state index in [0.29, 0.717) is 0 Å². The predicted molar refractivity (Wildman–Crippen MR) is 59.3 cm³/mol. The third kappa shape index (κ3) is 4.78. The van der Waals surface area contributed by atoms with Crippen molar-refractivity contribution >= 4 is 11.9 Å². The molecule has 5 nitrogen and oxygen atoms in total. The van der Waals surface area contributed by atoms with Gasteiger partial charge in [0.05, 0.1) is 6.04 Å². The van der Waals surface area contributed by atoms with E-state index in [0.717, 1.165) is 12.8 Å². The van der Waals surface area contributed by atoms with Gasteiger partial charge in [0.15, 0.2) is 0 Å². The van der Waals surface area contributed by atoms with Gasteiger partial charge in [0.2, 0.25) is 5.91 Å². The highest BCUT2D eigenvalue weighted by Crippen LogP contribution is 2.14. The van der Waals surface area contributed by atoms with Gasteiger partial charge in [-0.1, -0.05) is 13.8 Å². The lowest BCUT2D eigenvalue weighted by molar-refractivity contribution is -0.122. The van der Waals surface area contributed by atoms with Gasteiger partial charge in [0.25, 0.3) is 0 Å². The molecule has 1 unspecified atom stereocenters. The Balaban J connectivity index is 4.28. The van der Waals surface area contributed by atoms with E-state index in [4.69, 9.17) is 5.73 Å². The molecule has 0 aromatic heterocycles.